The first-order valence-electron chi connectivity index (χ1n) is 15.9. The average molecular weight is 849 g/mol. The van der Waals surface area contributed by atoms with Gasteiger partial charge < -0.3 is 24.0 Å². The molecule has 0 radical (unpaired) electrons. The molecule has 4 heterocycles. The van der Waals surface area contributed by atoms with Crippen LogP contribution in [0, 0.1) is 52.0 Å². The molecule has 8 aromatic rings. The van der Waals surface area contributed by atoms with E-state index in [1.807, 2.05) is 79.1 Å². The summed E-state index contributed by atoms with van der Waals surface area (Å²) in [6, 6.07) is 39.3. The van der Waals surface area contributed by atoms with E-state index < -0.39 is 0 Å². The number of hydrogen-bond donors (Lipinski definition) is 0. The van der Waals surface area contributed by atoms with Crippen LogP contribution in [0.4, 0.5) is 0 Å². The molecule has 51 heavy (non-hydrogen) atoms. The van der Waals surface area contributed by atoms with Gasteiger partial charge in [0.25, 0.3) is 0 Å². The molecule has 254 valence electrons. The molecule has 4 aromatic carbocycles. The van der Waals surface area contributed by atoms with E-state index in [1.54, 1.807) is 30.9 Å². The first-order chi connectivity index (χ1) is 23.9. The summed E-state index contributed by atoms with van der Waals surface area (Å²) in [7, 11) is 0. The van der Waals surface area contributed by atoms with Crippen molar-refractivity contribution in [3.05, 3.63) is 150 Å². The Bertz CT molecular complexity index is 2330. The zero-order valence-electron chi connectivity index (χ0n) is 28.0. The molecule has 0 N–H and O–H groups in total. The minimum absolute atomic E-state index is 0. The molecule has 7 nitrogen and oxygen atoms in total. The maximum atomic E-state index is 6.48. The van der Waals surface area contributed by atoms with Gasteiger partial charge in [-0.2, -0.15) is 22.9 Å². The van der Waals surface area contributed by atoms with Crippen molar-refractivity contribution in [2.24, 2.45) is 0 Å². The van der Waals surface area contributed by atoms with Gasteiger partial charge in [-0.3, -0.25) is 0 Å². The molecule has 0 saturated carbocycles. The summed E-state index contributed by atoms with van der Waals surface area (Å²) < 4.78 is 14.9. The second-order valence-electron chi connectivity index (χ2n) is 11.8. The summed E-state index contributed by atoms with van der Waals surface area (Å²) in [5, 5.41) is 1.90. The monoisotopic (exact) mass is 847 g/mol. The van der Waals surface area contributed by atoms with Crippen LogP contribution < -0.4 is 9.47 Å². The first-order valence-corrected chi connectivity index (χ1v) is 15.9. The third-order valence-electron chi connectivity index (χ3n) is 8.67. The first kappa shape index (κ1) is 35.8. The molecule has 4 aromatic heterocycles. The van der Waals surface area contributed by atoms with Crippen LogP contribution in [0.25, 0.3) is 50.3 Å². The number of hydrogen-bond acceptors (Lipinski definition) is 6. The maximum absolute atomic E-state index is 6.48. The minimum atomic E-state index is 0. The summed E-state index contributed by atoms with van der Waals surface area (Å²) in [6.45, 7) is 8.18. The Balaban J connectivity index is 0.00000224. The van der Waals surface area contributed by atoms with Crippen LogP contribution in [0.1, 0.15) is 22.3 Å². The maximum Gasteiger partial charge on any atom is 2.00 e. The minimum Gasteiger partial charge on any atom is -0.503 e. The Labute approximate surface area is 324 Å². The molecule has 0 aliphatic carbocycles. The van der Waals surface area contributed by atoms with E-state index in [4.69, 9.17) is 9.47 Å². The summed E-state index contributed by atoms with van der Waals surface area (Å²) >= 11 is 0. The normalized spacial score (nSPS) is 10.8. The van der Waals surface area contributed by atoms with E-state index in [-0.39, 0.29) is 40.8 Å². The standard InChI is InChI=1S/C42H29N5O2.2Pd/c1-26-20-30(36-10-5-7-16-43-36)22-40(28(26)3)48-32-12-14-34-35-15-13-33(25-39(35)47(38(34)24-32)42-45-18-9-19-46-42)49-41-23-31(21-27(2)29(41)4)37-11-6-8-17-44-37;;/h5-21H,1-4H3;;/q-4;2*+2. The molecular formula is C42H29N5O2Pd2. The molecule has 9 heteroatoms. The van der Waals surface area contributed by atoms with Gasteiger partial charge in [0, 0.05) is 47.8 Å². The van der Waals surface area contributed by atoms with Crippen molar-refractivity contribution in [3.63, 3.8) is 0 Å². The fourth-order valence-corrected chi connectivity index (χ4v) is 5.81. The van der Waals surface area contributed by atoms with E-state index in [9.17, 15) is 0 Å². The molecule has 0 aliphatic rings. The second kappa shape index (κ2) is 15.1. The van der Waals surface area contributed by atoms with Gasteiger partial charge in [0.05, 0.1) is 0 Å². The zero-order chi connectivity index (χ0) is 33.5. The number of benzene rings is 4. The Morgan fingerprint density at radius 3 is 1.39 bits per heavy atom. The number of fused-ring (bicyclic) bond motifs is 3. The molecule has 0 spiro atoms. The van der Waals surface area contributed by atoms with Crippen molar-refractivity contribution >= 4 is 21.8 Å². The predicted octanol–water partition coefficient (Wildman–Crippen LogP) is 9.71. The predicted molar refractivity (Wildman–Crippen MR) is 190 cm³/mol. The van der Waals surface area contributed by atoms with Crippen LogP contribution in [0.15, 0.2) is 104 Å². The summed E-state index contributed by atoms with van der Waals surface area (Å²) in [5.74, 6) is 2.79. The third-order valence-corrected chi connectivity index (χ3v) is 8.67. The van der Waals surface area contributed by atoms with Crippen LogP contribution in [-0.4, -0.2) is 24.5 Å². The third kappa shape index (κ3) is 7.00. The van der Waals surface area contributed by atoms with Gasteiger partial charge in [-0.05, 0) is 29.6 Å². The van der Waals surface area contributed by atoms with Gasteiger partial charge >= 0.3 is 40.8 Å². The van der Waals surface area contributed by atoms with Crippen LogP contribution in [-0.2, 0) is 40.8 Å². The van der Waals surface area contributed by atoms with Gasteiger partial charge in [0.2, 0.25) is 5.95 Å². The molecule has 8 rings (SSSR count). The molecule has 0 atom stereocenters. The quantitative estimate of drug-likeness (QED) is 0.118. The molecule has 0 saturated heterocycles. The Kier molecular flexibility index (Phi) is 10.6. The Morgan fingerprint density at radius 2 is 0.961 bits per heavy atom. The number of ether oxygens (including phenoxy) is 2. The summed E-state index contributed by atoms with van der Waals surface area (Å²) in [5.41, 5.74) is 9.03. The van der Waals surface area contributed by atoms with Gasteiger partial charge in [0.15, 0.2) is 0 Å². The Morgan fingerprint density at radius 1 is 0.510 bits per heavy atom. The van der Waals surface area contributed by atoms with Crippen LogP contribution in [0.2, 0.25) is 0 Å². The van der Waals surface area contributed by atoms with Crippen molar-refractivity contribution in [1.29, 1.82) is 0 Å². The van der Waals surface area contributed by atoms with Crippen molar-refractivity contribution < 1.29 is 50.3 Å². The number of pyridine rings is 2. The zero-order valence-corrected chi connectivity index (χ0v) is 31.1. The van der Waals surface area contributed by atoms with Gasteiger partial charge in [-0.1, -0.05) is 86.3 Å². The van der Waals surface area contributed by atoms with Crippen molar-refractivity contribution in [2.45, 2.75) is 27.7 Å². The van der Waals surface area contributed by atoms with Crippen molar-refractivity contribution in [1.82, 2.24) is 24.5 Å². The molecule has 0 unspecified atom stereocenters. The Hall–Kier alpha value is -5.02. The summed E-state index contributed by atoms with van der Waals surface area (Å²) in [6.07, 6.45) is 6.99. The fraction of sp³-hybridized carbons (Fsp3) is 0.0952. The van der Waals surface area contributed by atoms with E-state index in [2.05, 4.69) is 70.2 Å². The van der Waals surface area contributed by atoms with E-state index in [0.29, 0.717) is 28.9 Å². The number of rotatable bonds is 7. The number of aryl methyl sites for hydroxylation is 2. The number of nitrogens with zero attached hydrogens (tertiary/aromatic N) is 5. The SMILES string of the molecule is Cc1cc(-c2ccccn2)[c-]c(Oc2[c-]c3c(cc2)c2ccc(Oc4[c-]c(-c5ccccn5)cc(C)c4C)[c-]c2n3-c2ncccn2)c1C.[Pd+2].[Pd+2]. The largest absolute Gasteiger partial charge is 2.00 e. The smallest absolute Gasteiger partial charge is 0.503 e. The van der Waals surface area contributed by atoms with Crippen LogP contribution >= 0.6 is 0 Å². The van der Waals surface area contributed by atoms with Crippen LogP contribution in [0.5, 0.6) is 23.0 Å². The molecule has 0 fully saturated rings. The average Bonchev–Trinajstić information content (AvgIpc) is 3.45. The van der Waals surface area contributed by atoms with Gasteiger partial charge in [-0.15, -0.1) is 58.7 Å². The van der Waals surface area contributed by atoms with Gasteiger partial charge in [-0.25, -0.2) is 9.97 Å². The molecule has 0 aliphatic heterocycles. The molecule has 0 bridgehead atoms. The van der Waals surface area contributed by atoms with E-state index >= 15 is 0 Å². The van der Waals surface area contributed by atoms with Gasteiger partial charge in [0.1, 0.15) is 0 Å². The number of aromatic nitrogens is 5. The van der Waals surface area contributed by atoms with Crippen LogP contribution in [0.3, 0.4) is 0 Å². The fourth-order valence-electron chi connectivity index (χ4n) is 5.81. The molecule has 0 amide bonds. The summed E-state index contributed by atoms with van der Waals surface area (Å²) in [4.78, 5) is 18.2. The topological polar surface area (TPSA) is 75.0 Å². The van der Waals surface area contributed by atoms with Crippen molar-refractivity contribution in [2.75, 3.05) is 0 Å². The van der Waals surface area contributed by atoms with E-state index in [1.165, 1.54) is 0 Å². The molecular weight excluding hydrogens is 819 g/mol. The second-order valence-corrected chi connectivity index (χ2v) is 11.8. The van der Waals surface area contributed by atoms with E-state index in [0.717, 1.165) is 66.6 Å². The van der Waals surface area contributed by atoms with Crippen molar-refractivity contribution in [3.8, 4) is 51.5 Å².